The number of nitrogens with one attached hydrogen (secondary N) is 1. The predicted octanol–water partition coefficient (Wildman–Crippen LogP) is 2.90. The van der Waals surface area contributed by atoms with Crippen LogP contribution in [0.2, 0.25) is 0 Å². The monoisotopic (exact) mass is 216 g/mol. The van der Waals surface area contributed by atoms with Crippen molar-refractivity contribution in [1.82, 2.24) is 5.32 Å². The first-order valence-corrected chi connectivity index (χ1v) is 5.75. The third-order valence-corrected chi connectivity index (χ3v) is 2.68. The number of hydrogen-bond donors (Lipinski definition) is 1. The Morgan fingerprint density at radius 2 is 1.94 bits per heavy atom. The zero-order valence-corrected chi connectivity index (χ0v) is 10.3. The van der Waals surface area contributed by atoms with E-state index in [0.717, 1.165) is 12.8 Å². The van der Waals surface area contributed by atoms with Gasteiger partial charge in [0.2, 0.25) is 0 Å². The summed E-state index contributed by atoms with van der Waals surface area (Å²) < 4.78 is 0. The Balaban J connectivity index is 2.45. The van der Waals surface area contributed by atoms with E-state index in [0.29, 0.717) is 0 Å². The fourth-order valence-corrected chi connectivity index (χ4v) is 1.79. The highest BCUT2D eigenvalue weighted by Gasteiger charge is 2.19. The van der Waals surface area contributed by atoms with Gasteiger partial charge in [-0.3, -0.25) is 5.32 Å². The first-order chi connectivity index (χ1) is 7.53. The third kappa shape index (κ3) is 4.46. The standard InChI is InChI=1S/C14H20N2/c1-12(11-15)16-14(2,3)10-9-13-7-5-4-6-8-13/h4-8,12,16H,9-10H2,1-3H3. The highest BCUT2D eigenvalue weighted by molar-refractivity contribution is 5.15. The molecule has 1 N–H and O–H groups in total. The van der Waals surface area contributed by atoms with Crippen LogP contribution in [0.1, 0.15) is 32.8 Å². The van der Waals surface area contributed by atoms with Crippen LogP contribution in [0.3, 0.4) is 0 Å². The van der Waals surface area contributed by atoms with Crippen LogP contribution in [-0.2, 0) is 6.42 Å². The highest BCUT2D eigenvalue weighted by Crippen LogP contribution is 2.14. The molecule has 0 saturated heterocycles. The van der Waals surface area contributed by atoms with Gasteiger partial charge in [-0.2, -0.15) is 5.26 Å². The van der Waals surface area contributed by atoms with Crippen molar-refractivity contribution in [3.63, 3.8) is 0 Å². The summed E-state index contributed by atoms with van der Waals surface area (Å²) in [6.45, 7) is 6.18. The van der Waals surface area contributed by atoms with Crippen LogP contribution in [0.15, 0.2) is 30.3 Å². The van der Waals surface area contributed by atoms with Crippen molar-refractivity contribution in [2.75, 3.05) is 0 Å². The Morgan fingerprint density at radius 3 is 2.50 bits per heavy atom. The summed E-state index contributed by atoms with van der Waals surface area (Å²) in [5, 5.41) is 12.1. The smallest absolute Gasteiger partial charge is 0.0928 e. The van der Waals surface area contributed by atoms with E-state index < -0.39 is 0 Å². The van der Waals surface area contributed by atoms with E-state index >= 15 is 0 Å². The van der Waals surface area contributed by atoms with Gasteiger partial charge in [0, 0.05) is 5.54 Å². The van der Waals surface area contributed by atoms with Crippen LogP contribution in [0, 0.1) is 11.3 Å². The summed E-state index contributed by atoms with van der Waals surface area (Å²) >= 11 is 0. The van der Waals surface area contributed by atoms with Crippen molar-refractivity contribution in [1.29, 1.82) is 5.26 Å². The van der Waals surface area contributed by atoms with E-state index in [9.17, 15) is 0 Å². The fraction of sp³-hybridized carbons (Fsp3) is 0.500. The molecule has 1 aromatic carbocycles. The normalized spacial score (nSPS) is 13.1. The van der Waals surface area contributed by atoms with Crippen molar-refractivity contribution in [3.05, 3.63) is 35.9 Å². The minimum atomic E-state index is -0.0919. The number of aryl methyl sites for hydroxylation is 1. The zero-order valence-electron chi connectivity index (χ0n) is 10.3. The predicted molar refractivity (Wildman–Crippen MR) is 67.1 cm³/mol. The summed E-state index contributed by atoms with van der Waals surface area (Å²) in [7, 11) is 0. The Hall–Kier alpha value is -1.33. The lowest BCUT2D eigenvalue weighted by Gasteiger charge is -2.27. The first kappa shape index (κ1) is 12.7. The molecule has 0 spiro atoms. The summed E-state index contributed by atoms with van der Waals surface area (Å²) in [4.78, 5) is 0. The zero-order chi connectivity index (χ0) is 12.0. The molecule has 0 radical (unpaired) electrons. The molecule has 86 valence electrons. The molecular formula is C14H20N2. The minimum absolute atomic E-state index is 0.00495. The van der Waals surface area contributed by atoms with Crippen LogP contribution in [0.25, 0.3) is 0 Å². The molecule has 1 aromatic rings. The molecule has 0 saturated carbocycles. The molecular weight excluding hydrogens is 196 g/mol. The fourth-order valence-electron chi connectivity index (χ4n) is 1.79. The molecule has 0 amide bonds. The maximum atomic E-state index is 8.77. The van der Waals surface area contributed by atoms with Gasteiger partial charge in [0.05, 0.1) is 12.1 Å². The number of nitriles is 1. The number of benzene rings is 1. The van der Waals surface area contributed by atoms with Crippen LogP contribution < -0.4 is 5.32 Å². The highest BCUT2D eigenvalue weighted by atomic mass is 15.0. The van der Waals surface area contributed by atoms with Crippen molar-refractivity contribution in [2.24, 2.45) is 0 Å². The molecule has 0 bridgehead atoms. The number of nitrogens with zero attached hydrogens (tertiary/aromatic N) is 1. The van der Waals surface area contributed by atoms with Crippen LogP contribution in [0.5, 0.6) is 0 Å². The molecule has 1 rings (SSSR count). The Kier molecular flexibility index (Phi) is 4.52. The van der Waals surface area contributed by atoms with Crippen LogP contribution in [-0.4, -0.2) is 11.6 Å². The Bertz CT molecular complexity index is 349. The Morgan fingerprint density at radius 1 is 1.31 bits per heavy atom. The van der Waals surface area contributed by atoms with E-state index in [1.807, 2.05) is 13.0 Å². The second-order valence-corrected chi connectivity index (χ2v) is 4.86. The van der Waals surface area contributed by atoms with E-state index in [-0.39, 0.29) is 11.6 Å². The van der Waals surface area contributed by atoms with Gasteiger partial charge >= 0.3 is 0 Å². The van der Waals surface area contributed by atoms with Crippen molar-refractivity contribution >= 4 is 0 Å². The third-order valence-electron chi connectivity index (χ3n) is 2.68. The second kappa shape index (κ2) is 5.67. The van der Waals surface area contributed by atoms with E-state index in [2.05, 4.69) is 49.5 Å². The van der Waals surface area contributed by atoms with E-state index in [1.165, 1.54) is 5.56 Å². The van der Waals surface area contributed by atoms with Gasteiger partial charge in [-0.15, -0.1) is 0 Å². The molecule has 0 aromatic heterocycles. The van der Waals surface area contributed by atoms with Crippen molar-refractivity contribution in [2.45, 2.75) is 45.2 Å². The molecule has 2 nitrogen and oxygen atoms in total. The molecule has 0 heterocycles. The summed E-state index contributed by atoms with van der Waals surface area (Å²) in [6.07, 6.45) is 2.07. The van der Waals surface area contributed by atoms with Crippen molar-refractivity contribution in [3.8, 4) is 6.07 Å². The van der Waals surface area contributed by atoms with Crippen molar-refractivity contribution < 1.29 is 0 Å². The maximum Gasteiger partial charge on any atom is 0.0928 e. The number of hydrogen-bond acceptors (Lipinski definition) is 2. The van der Waals surface area contributed by atoms with Gasteiger partial charge in [0.25, 0.3) is 0 Å². The van der Waals surface area contributed by atoms with E-state index in [4.69, 9.17) is 5.26 Å². The Labute approximate surface area is 98.3 Å². The first-order valence-electron chi connectivity index (χ1n) is 5.75. The number of rotatable bonds is 5. The molecule has 2 heteroatoms. The van der Waals surface area contributed by atoms with E-state index in [1.54, 1.807) is 0 Å². The minimum Gasteiger partial charge on any atom is -0.297 e. The summed E-state index contributed by atoms with van der Waals surface area (Å²) in [6, 6.07) is 12.6. The van der Waals surface area contributed by atoms with Gasteiger partial charge in [-0.25, -0.2) is 0 Å². The van der Waals surface area contributed by atoms with Gasteiger partial charge < -0.3 is 0 Å². The average molecular weight is 216 g/mol. The molecule has 0 aliphatic carbocycles. The lowest BCUT2D eigenvalue weighted by Crippen LogP contribution is -2.44. The molecule has 1 atom stereocenters. The van der Waals surface area contributed by atoms with Crippen LogP contribution >= 0.6 is 0 Å². The molecule has 0 aliphatic rings. The molecule has 0 aliphatic heterocycles. The lowest BCUT2D eigenvalue weighted by molar-refractivity contribution is 0.348. The average Bonchev–Trinajstić information content (AvgIpc) is 2.27. The van der Waals surface area contributed by atoms with Gasteiger partial charge in [-0.1, -0.05) is 30.3 Å². The lowest BCUT2D eigenvalue weighted by atomic mass is 9.94. The SMILES string of the molecule is CC(C#N)NC(C)(C)CCc1ccccc1. The van der Waals surface area contributed by atoms with Gasteiger partial charge in [0.1, 0.15) is 0 Å². The second-order valence-electron chi connectivity index (χ2n) is 4.86. The maximum absolute atomic E-state index is 8.77. The topological polar surface area (TPSA) is 35.8 Å². The molecule has 16 heavy (non-hydrogen) atoms. The molecule has 0 fully saturated rings. The molecule has 1 unspecified atom stereocenters. The largest absolute Gasteiger partial charge is 0.297 e. The quantitative estimate of drug-likeness (QED) is 0.821. The van der Waals surface area contributed by atoms with Gasteiger partial charge in [0.15, 0.2) is 0 Å². The van der Waals surface area contributed by atoms with Gasteiger partial charge in [-0.05, 0) is 39.2 Å². The van der Waals surface area contributed by atoms with Crippen LogP contribution in [0.4, 0.5) is 0 Å². The summed E-state index contributed by atoms with van der Waals surface area (Å²) in [5.41, 5.74) is 1.35. The summed E-state index contributed by atoms with van der Waals surface area (Å²) in [5.74, 6) is 0.